The number of benzene rings is 1. The van der Waals surface area contributed by atoms with Crippen LogP contribution in [0.1, 0.15) is 6.92 Å². The zero-order valence-corrected chi connectivity index (χ0v) is 12.9. The molecule has 5 heteroatoms. The number of hydrogen-bond donors (Lipinski definition) is 3. The standard InChI is InChI=1S/C14H20BrN3O/c1-2-17-7-9-18(10-8-17)11-14(19)16-13-5-3-12(15)4-6-13/h3-6H,2,7-11H2,1H3,(H,16,19)/p+2. The van der Waals surface area contributed by atoms with Gasteiger partial charge in [-0.15, -0.1) is 0 Å². The van der Waals surface area contributed by atoms with E-state index < -0.39 is 0 Å². The van der Waals surface area contributed by atoms with E-state index in [2.05, 4.69) is 28.2 Å². The number of likely N-dealkylation sites (N-methyl/N-ethyl adjacent to an activating group) is 1. The maximum absolute atomic E-state index is 12.0. The van der Waals surface area contributed by atoms with Crippen molar-refractivity contribution in [3.8, 4) is 0 Å². The van der Waals surface area contributed by atoms with Gasteiger partial charge in [0.25, 0.3) is 5.91 Å². The number of anilines is 1. The van der Waals surface area contributed by atoms with E-state index in [0.29, 0.717) is 6.54 Å². The third kappa shape index (κ3) is 4.60. The Balaban J connectivity index is 1.77. The summed E-state index contributed by atoms with van der Waals surface area (Å²) in [4.78, 5) is 15.0. The Kier molecular flexibility index (Phi) is 5.36. The average Bonchev–Trinajstić information content (AvgIpc) is 2.42. The summed E-state index contributed by atoms with van der Waals surface area (Å²) in [5.74, 6) is 0.109. The van der Waals surface area contributed by atoms with E-state index in [-0.39, 0.29) is 5.91 Å². The number of hydrogen-bond acceptors (Lipinski definition) is 1. The number of rotatable bonds is 4. The molecule has 1 amide bonds. The number of amides is 1. The molecule has 0 aliphatic carbocycles. The quantitative estimate of drug-likeness (QED) is 0.665. The van der Waals surface area contributed by atoms with Gasteiger partial charge in [0.2, 0.25) is 0 Å². The Hall–Kier alpha value is -0.910. The zero-order chi connectivity index (χ0) is 13.7. The molecule has 1 aromatic rings. The van der Waals surface area contributed by atoms with E-state index in [1.54, 1.807) is 4.90 Å². The first-order chi connectivity index (χ1) is 9.17. The summed E-state index contributed by atoms with van der Waals surface area (Å²) >= 11 is 3.38. The highest BCUT2D eigenvalue weighted by molar-refractivity contribution is 9.10. The van der Waals surface area contributed by atoms with E-state index >= 15 is 0 Å². The lowest BCUT2D eigenvalue weighted by Gasteiger charge is -2.28. The lowest BCUT2D eigenvalue weighted by Crippen LogP contribution is -3.28. The van der Waals surface area contributed by atoms with Crippen molar-refractivity contribution >= 4 is 27.5 Å². The van der Waals surface area contributed by atoms with Crippen LogP contribution in [-0.4, -0.2) is 45.2 Å². The second-order valence-electron chi connectivity index (χ2n) is 5.09. The molecule has 104 valence electrons. The molecular weight excluding hydrogens is 306 g/mol. The van der Waals surface area contributed by atoms with Crippen molar-refractivity contribution < 1.29 is 14.6 Å². The van der Waals surface area contributed by atoms with Gasteiger partial charge in [0.1, 0.15) is 26.2 Å². The molecule has 0 bridgehead atoms. The molecule has 0 aromatic heterocycles. The Morgan fingerprint density at radius 3 is 2.32 bits per heavy atom. The van der Waals surface area contributed by atoms with E-state index in [0.717, 1.165) is 23.2 Å². The molecule has 0 unspecified atom stereocenters. The minimum absolute atomic E-state index is 0.109. The van der Waals surface area contributed by atoms with Gasteiger partial charge >= 0.3 is 0 Å². The fourth-order valence-corrected chi connectivity index (χ4v) is 2.72. The van der Waals surface area contributed by atoms with Crippen LogP contribution >= 0.6 is 15.9 Å². The number of nitrogens with one attached hydrogen (secondary N) is 3. The van der Waals surface area contributed by atoms with Crippen LogP contribution in [0, 0.1) is 0 Å². The summed E-state index contributed by atoms with van der Waals surface area (Å²) in [5.41, 5.74) is 0.866. The molecule has 1 aromatic carbocycles. The fraction of sp³-hybridized carbons (Fsp3) is 0.500. The molecule has 4 nitrogen and oxygen atoms in total. The summed E-state index contributed by atoms with van der Waals surface area (Å²) in [7, 11) is 0. The fourth-order valence-electron chi connectivity index (χ4n) is 2.45. The van der Waals surface area contributed by atoms with Crippen LogP contribution in [0.25, 0.3) is 0 Å². The molecular formula is C14H22BrN3O+2. The highest BCUT2D eigenvalue weighted by Crippen LogP contribution is 2.13. The average molecular weight is 328 g/mol. The van der Waals surface area contributed by atoms with Crippen molar-refractivity contribution in [2.75, 3.05) is 44.6 Å². The summed E-state index contributed by atoms with van der Waals surface area (Å²) in [6.07, 6.45) is 0. The SMILES string of the molecule is CC[NH+]1CC[NH+](CC(=O)Nc2ccc(Br)cc2)CC1. The molecule has 1 saturated heterocycles. The van der Waals surface area contributed by atoms with Crippen LogP contribution in [0.3, 0.4) is 0 Å². The Bertz CT molecular complexity index is 413. The Labute approximate surface area is 122 Å². The topological polar surface area (TPSA) is 38.0 Å². The monoisotopic (exact) mass is 327 g/mol. The van der Waals surface area contributed by atoms with Crippen LogP contribution in [0.15, 0.2) is 28.7 Å². The highest BCUT2D eigenvalue weighted by Gasteiger charge is 2.23. The van der Waals surface area contributed by atoms with Crippen LogP contribution in [0.2, 0.25) is 0 Å². The van der Waals surface area contributed by atoms with Gasteiger partial charge in [-0.1, -0.05) is 15.9 Å². The van der Waals surface area contributed by atoms with Gasteiger partial charge in [0, 0.05) is 10.2 Å². The first kappa shape index (κ1) is 14.5. The maximum Gasteiger partial charge on any atom is 0.279 e. The number of carbonyl (C=O) groups is 1. The van der Waals surface area contributed by atoms with Crippen molar-refractivity contribution in [3.63, 3.8) is 0 Å². The normalized spacial score (nSPS) is 23.1. The molecule has 1 fully saturated rings. The minimum atomic E-state index is 0.109. The third-order valence-corrected chi connectivity index (χ3v) is 4.23. The highest BCUT2D eigenvalue weighted by atomic mass is 79.9. The third-order valence-electron chi connectivity index (χ3n) is 3.70. The van der Waals surface area contributed by atoms with Crippen molar-refractivity contribution in [1.82, 2.24) is 0 Å². The molecule has 0 atom stereocenters. The molecule has 3 N–H and O–H groups in total. The van der Waals surface area contributed by atoms with E-state index in [1.807, 2.05) is 24.3 Å². The second kappa shape index (κ2) is 7.03. The summed E-state index contributed by atoms with van der Waals surface area (Å²) in [5, 5.41) is 2.95. The van der Waals surface area contributed by atoms with E-state index in [9.17, 15) is 4.79 Å². The van der Waals surface area contributed by atoms with Crippen molar-refractivity contribution in [1.29, 1.82) is 0 Å². The number of piperazine rings is 1. The minimum Gasteiger partial charge on any atom is -0.326 e. The summed E-state index contributed by atoms with van der Waals surface area (Å²) < 4.78 is 1.02. The van der Waals surface area contributed by atoms with Gasteiger partial charge in [-0.2, -0.15) is 0 Å². The molecule has 0 saturated carbocycles. The van der Waals surface area contributed by atoms with Crippen molar-refractivity contribution in [2.24, 2.45) is 0 Å². The predicted molar refractivity (Wildman–Crippen MR) is 79.6 cm³/mol. The van der Waals surface area contributed by atoms with Crippen molar-refractivity contribution in [2.45, 2.75) is 6.92 Å². The lowest BCUT2D eigenvalue weighted by molar-refractivity contribution is -1.01. The lowest BCUT2D eigenvalue weighted by atomic mass is 10.3. The zero-order valence-electron chi connectivity index (χ0n) is 11.3. The maximum atomic E-state index is 12.0. The summed E-state index contributed by atoms with van der Waals surface area (Å²) in [6.45, 7) is 8.54. The molecule has 2 rings (SSSR count). The van der Waals surface area contributed by atoms with E-state index in [4.69, 9.17) is 0 Å². The second-order valence-corrected chi connectivity index (χ2v) is 6.00. The number of halogens is 1. The van der Waals surface area contributed by atoms with Crippen LogP contribution in [0.5, 0.6) is 0 Å². The van der Waals surface area contributed by atoms with Crippen molar-refractivity contribution in [3.05, 3.63) is 28.7 Å². The van der Waals surface area contributed by atoms with Crippen LogP contribution in [0.4, 0.5) is 5.69 Å². The Morgan fingerprint density at radius 1 is 1.16 bits per heavy atom. The van der Waals surface area contributed by atoms with Crippen LogP contribution in [-0.2, 0) is 4.79 Å². The largest absolute Gasteiger partial charge is 0.326 e. The predicted octanol–water partition coefficient (Wildman–Crippen LogP) is -0.809. The molecule has 0 spiro atoms. The van der Waals surface area contributed by atoms with E-state index in [1.165, 1.54) is 24.5 Å². The molecule has 0 radical (unpaired) electrons. The molecule has 1 aliphatic rings. The van der Waals surface area contributed by atoms with Gasteiger partial charge in [-0.3, -0.25) is 4.79 Å². The molecule has 19 heavy (non-hydrogen) atoms. The van der Waals surface area contributed by atoms with Gasteiger partial charge < -0.3 is 15.1 Å². The Morgan fingerprint density at radius 2 is 1.74 bits per heavy atom. The van der Waals surface area contributed by atoms with Gasteiger partial charge in [-0.25, -0.2) is 0 Å². The first-order valence-corrected chi connectivity index (χ1v) is 7.69. The van der Waals surface area contributed by atoms with Gasteiger partial charge in [0.15, 0.2) is 6.54 Å². The van der Waals surface area contributed by atoms with Gasteiger partial charge in [-0.05, 0) is 31.2 Å². The smallest absolute Gasteiger partial charge is 0.279 e. The van der Waals surface area contributed by atoms with Gasteiger partial charge in [0.05, 0.1) is 6.54 Å². The number of carbonyl (C=O) groups excluding carboxylic acids is 1. The first-order valence-electron chi connectivity index (χ1n) is 6.90. The molecule has 1 heterocycles. The number of quaternary nitrogens is 2. The molecule has 1 aliphatic heterocycles. The van der Waals surface area contributed by atoms with Crippen LogP contribution < -0.4 is 15.1 Å². The summed E-state index contributed by atoms with van der Waals surface area (Å²) in [6, 6.07) is 7.70.